The summed E-state index contributed by atoms with van der Waals surface area (Å²) in [6, 6.07) is -0.114. The predicted octanol–water partition coefficient (Wildman–Crippen LogP) is -1.32. The topological polar surface area (TPSA) is 61.5 Å². The number of carbonyl (C=O) groups excluding carboxylic acids is 1. The molecule has 2 heterocycles. The Kier molecular flexibility index (Phi) is 1.26. The van der Waals surface area contributed by atoms with Gasteiger partial charge in [0.05, 0.1) is 12.6 Å². The van der Waals surface area contributed by atoms with Gasteiger partial charge in [0, 0.05) is 0 Å². The fourth-order valence-electron chi connectivity index (χ4n) is 1.38. The molecule has 10 heavy (non-hydrogen) atoms. The molecule has 4 heteroatoms. The second-order valence-electron chi connectivity index (χ2n) is 2.66. The lowest BCUT2D eigenvalue weighted by molar-refractivity contribution is -0.124. The Balaban J connectivity index is 2.16. The minimum Gasteiger partial charge on any atom is -0.366 e. The van der Waals surface area contributed by atoms with Crippen LogP contribution < -0.4 is 5.73 Å². The van der Waals surface area contributed by atoms with Crippen molar-refractivity contribution in [2.45, 2.75) is 18.2 Å². The number of ether oxygens (including phenoxy) is 2. The quantitative estimate of drug-likeness (QED) is 0.457. The molecule has 2 rings (SSSR count). The average Bonchev–Trinajstić information content (AvgIpc) is 2.41. The number of ketones is 1. The van der Waals surface area contributed by atoms with E-state index in [4.69, 9.17) is 15.2 Å². The number of nitrogens with two attached hydrogens (primary N) is 1. The molecule has 2 saturated heterocycles. The molecule has 56 valence electrons. The zero-order valence-electron chi connectivity index (χ0n) is 5.45. The minimum absolute atomic E-state index is 0.0259. The lowest BCUT2D eigenvalue weighted by Gasteiger charge is -2.07. The maximum Gasteiger partial charge on any atom is 0.189 e. The number of Topliss-reactive ketones (excluding diaryl/α,β-unsaturated/α-hetero) is 1. The second-order valence-corrected chi connectivity index (χ2v) is 2.66. The van der Waals surface area contributed by atoms with Gasteiger partial charge in [0.15, 0.2) is 5.78 Å². The van der Waals surface area contributed by atoms with Crippen molar-refractivity contribution in [2.75, 3.05) is 13.2 Å². The summed E-state index contributed by atoms with van der Waals surface area (Å²) in [7, 11) is 0. The first-order valence-corrected chi connectivity index (χ1v) is 3.30. The van der Waals surface area contributed by atoms with Gasteiger partial charge in [0.25, 0.3) is 0 Å². The van der Waals surface area contributed by atoms with E-state index in [1.807, 2.05) is 0 Å². The largest absolute Gasteiger partial charge is 0.366 e. The molecular formula is C6H9NO3. The molecule has 0 bridgehead atoms. The third-order valence-electron chi connectivity index (χ3n) is 1.92. The van der Waals surface area contributed by atoms with Gasteiger partial charge in [-0.05, 0) is 0 Å². The molecule has 0 aromatic carbocycles. The van der Waals surface area contributed by atoms with Crippen LogP contribution in [0.3, 0.4) is 0 Å². The molecule has 3 unspecified atom stereocenters. The molecule has 2 N–H and O–H groups in total. The molecular weight excluding hydrogens is 134 g/mol. The summed E-state index contributed by atoms with van der Waals surface area (Å²) in [4.78, 5) is 10.9. The average molecular weight is 143 g/mol. The van der Waals surface area contributed by atoms with Crippen molar-refractivity contribution in [3.63, 3.8) is 0 Å². The number of fused-ring (bicyclic) bond motifs is 1. The van der Waals surface area contributed by atoms with E-state index in [0.717, 1.165) is 0 Å². The third kappa shape index (κ3) is 0.697. The maximum atomic E-state index is 10.9. The van der Waals surface area contributed by atoms with Gasteiger partial charge in [0.2, 0.25) is 0 Å². The number of hydrogen-bond donors (Lipinski definition) is 1. The molecule has 2 aliphatic heterocycles. The van der Waals surface area contributed by atoms with Gasteiger partial charge in [-0.25, -0.2) is 0 Å². The highest BCUT2D eigenvalue weighted by atomic mass is 16.6. The molecule has 4 nitrogen and oxygen atoms in total. The molecule has 2 aliphatic rings. The van der Waals surface area contributed by atoms with Crippen molar-refractivity contribution in [3.05, 3.63) is 0 Å². The van der Waals surface area contributed by atoms with Crippen LogP contribution in [0, 0.1) is 0 Å². The highest BCUT2D eigenvalue weighted by Gasteiger charge is 2.45. The molecule has 0 saturated carbocycles. The van der Waals surface area contributed by atoms with E-state index in [9.17, 15) is 4.79 Å². The summed E-state index contributed by atoms with van der Waals surface area (Å²) in [5.74, 6) is 0.0259. The Morgan fingerprint density at radius 1 is 1.50 bits per heavy atom. The fraction of sp³-hybridized carbons (Fsp3) is 0.833. The van der Waals surface area contributed by atoms with Crippen molar-refractivity contribution in [1.29, 1.82) is 0 Å². The van der Waals surface area contributed by atoms with Crippen LogP contribution in [-0.4, -0.2) is 37.2 Å². The van der Waals surface area contributed by atoms with E-state index in [1.54, 1.807) is 0 Å². The summed E-state index contributed by atoms with van der Waals surface area (Å²) >= 11 is 0. The lowest BCUT2D eigenvalue weighted by Crippen LogP contribution is -2.35. The summed E-state index contributed by atoms with van der Waals surface area (Å²) < 4.78 is 10.2. The molecule has 0 spiro atoms. The zero-order valence-corrected chi connectivity index (χ0v) is 5.45. The van der Waals surface area contributed by atoms with Gasteiger partial charge in [-0.15, -0.1) is 0 Å². The van der Waals surface area contributed by atoms with Crippen molar-refractivity contribution >= 4 is 5.78 Å². The van der Waals surface area contributed by atoms with Gasteiger partial charge >= 0.3 is 0 Å². The van der Waals surface area contributed by atoms with E-state index in [-0.39, 0.29) is 30.6 Å². The summed E-state index contributed by atoms with van der Waals surface area (Å²) in [6.07, 6.45) is -0.539. The van der Waals surface area contributed by atoms with Crippen molar-refractivity contribution in [2.24, 2.45) is 5.73 Å². The van der Waals surface area contributed by atoms with E-state index in [1.165, 1.54) is 0 Å². The van der Waals surface area contributed by atoms with Gasteiger partial charge in [-0.2, -0.15) is 0 Å². The van der Waals surface area contributed by atoms with Gasteiger partial charge in [0.1, 0.15) is 18.8 Å². The van der Waals surface area contributed by atoms with Crippen molar-refractivity contribution in [1.82, 2.24) is 0 Å². The summed E-state index contributed by atoms with van der Waals surface area (Å²) in [5, 5.41) is 0. The highest BCUT2D eigenvalue weighted by molar-refractivity contribution is 5.87. The van der Waals surface area contributed by atoms with Gasteiger partial charge in [-0.1, -0.05) is 0 Å². The fourth-order valence-corrected chi connectivity index (χ4v) is 1.38. The van der Waals surface area contributed by atoms with E-state index < -0.39 is 0 Å². The normalized spacial score (nSPS) is 46.1. The Labute approximate surface area is 58.3 Å². The van der Waals surface area contributed by atoms with Crippen LogP contribution in [-0.2, 0) is 14.3 Å². The standard InChI is InChI=1S/C6H9NO3/c7-3-1-9-6-4(8)2-10-5(3)6/h3,5-6H,1-2,7H2. The van der Waals surface area contributed by atoms with Crippen LogP contribution in [0.15, 0.2) is 0 Å². The summed E-state index contributed by atoms with van der Waals surface area (Å²) in [5.41, 5.74) is 5.58. The zero-order chi connectivity index (χ0) is 7.14. The van der Waals surface area contributed by atoms with Crippen LogP contribution in [0.1, 0.15) is 0 Å². The monoisotopic (exact) mass is 143 g/mol. The van der Waals surface area contributed by atoms with Crippen LogP contribution in [0.2, 0.25) is 0 Å². The molecule has 2 fully saturated rings. The van der Waals surface area contributed by atoms with Crippen molar-refractivity contribution < 1.29 is 14.3 Å². The van der Waals surface area contributed by atoms with Crippen molar-refractivity contribution in [3.8, 4) is 0 Å². The molecule has 3 atom stereocenters. The third-order valence-corrected chi connectivity index (χ3v) is 1.92. The number of rotatable bonds is 0. The first kappa shape index (κ1) is 6.27. The molecule has 0 aromatic heterocycles. The van der Waals surface area contributed by atoms with Crippen LogP contribution >= 0.6 is 0 Å². The van der Waals surface area contributed by atoms with Gasteiger partial charge < -0.3 is 15.2 Å². The Hall–Kier alpha value is -0.450. The first-order chi connectivity index (χ1) is 4.79. The smallest absolute Gasteiger partial charge is 0.189 e. The van der Waals surface area contributed by atoms with Crippen LogP contribution in [0.4, 0.5) is 0 Å². The second kappa shape index (κ2) is 2.02. The van der Waals surface area contributed by atoms with Crippen LogP contribution in [0.25, 0.3) is 0 Å². The Bertz CT molecular complexity index is 170. The van der Waals surface area contributed by atoms with Crippen LogP contribution in [0.5, 0.6) is 0 Å². The summed E-state index contributed by atoms with van der Waals surface area (Å²) in [6.45, 7) is 0.615. The highest BCUT2D eigenvalue weighted by Crippen LogP contribution is 2.22. The Morgan fingerprint density at radius 3 is 3.00 bits per heavy atom. The predicted molar refractivity (Wildman–Crippen MR) is 32.5 cm³/mol. The minimum atomic E-state index is -0.366. The molecule has 0 radical (unpaired) electrons. The van der Waals surface area contributed by atoms with Gasteiger partial charge in [-0.3, -0.25) is 4.79 Å². The number of hydrogen-bond acceptors (Lipinski definition) is 4. The maximum absolute atomic E-state index is 10.9. The van der Waals surface area contributed by atoms with E-state index in [2.05, 4.69) is 0 Å². The van der Waals surface area contributed by atoms with E-state index in [0.29, 0.717) is 6.61 Å². The lowest BCUT2D eigenvalue weighted by atomic mass is 10.1. The number of carbonyl (C=O) groups is 1. The SMILES string of the molecule is NC1COC2C(=O)COC12. The molecule has 0 aliphatic carbocycles. The Morgan fingerprint density at radius 2 is 2.30 bits per heavy atom. The molecule has 0 amide bonds. The first-order valence-electron chi connectivity index (χ1n) is 3.30. The van der Waals surface area contributed by atoms with E-state index >= 15 is 0 Å². The molecule has 0 aromatic rings.